The molecule has 2 heteroatoms. The van der Waals surface area contributed by atoms with Gasteiger partial charge in [0.1, 0.15) is 5.78 Å². The summed E-state index contributed by atoms with van der Waals surface area (Å²) in [6.07, 6.45) is 5.50. The topological polar surface area (TPSA) is 17.1 Å². The predicted molar refractivity (Wildman–Crippen MR) is 61.6 cm³/mol. The molecule has 0 heterocycles. The molecule has 2 bridgehead atoms. The molecule has 0 aromatic heterocycles. The van der Waals surface area contributed by atoms with Crippen molar-refractivity contribution >= 4 is 18.4 Å². The third-order valence-electron chi connectivity index (χ3n) is 5.15. The van der Waals surface area contributed by atoms with Gasteiger partial charge in [0.2, 0.25) is 0 Å². The highest BCUT2D eigenvalue weighted by Gasteiger charge is 2.65. The number of carbonyl (C=O) groups excluding carboxylic acids is 1. The number of Topliss-reactive ketones (excluding diaryl/α,β-unsaturated/α-hetero) is 1. The molecule has 2 fully saturated rings. The molecular formula is C12H20OS. The summed E-state index contributed by atoms with van der Waals surface area (Å²) >= 11 is 4.47. The molecular weight excluding hydrogens is 192 g/mol. The molecule has 0 aliphatic heterocycles. The first-order chi connectivity index (χ1) is 6.66. The Bertz CT molecular complexity index is 257. The van der Waals surface area contributed by atoms with Crippen molar-refractivity contribution in [1.82, 2.24) is 0 Å². The first-order valence-electron chi connectivity index (χ1n) is 5.81. The van der Waals surface area contributed by atoms with Crippen LogP contribution in [0.5, 0.6) is 0 Å². The van der Waals surface area contributed by atoms with Crippen LogP contribution in [0.4, 0.5) is 0 Å². The van der Waals surface area contributed by atoms with Crippen LogP contribution in [0.1, 0.15) is 46.0 Å². The molecule has 0 aromatic carbocycles. The van der Waals surface area contributed by atoms with Crippen LogP contribution in [0.15, 0.2) is 0 Å². The standard InChI is InChI=1S/C12H20OS/c1-3-11(4-2)9-5-6-12(11,8-14)10(13)7-9/h9,14H,3-8H2,1-2H3. The average molecular weight is 212 g/mol. The Hall–Kier alpha value is 0.0200. The van der Waals surface area contributed by atoms with Gasteiger partial charge in [0, 0.05) is 17.6 Å². The molecule has 0 radical (unpaired) electrons. The van der Waals surface area contributed by atoms with E-state index in [1.165, 1.54) is 6.42 Å². The lowest BCUT2D eigenvalue weighted by Crippen LogP contribution is -2.40. The molecule has 0 N–H and O–H groups in total. The van der Waals surface area contributed by atoms with Crippen molar-refractivity contribution < 1.29 is 4.79 Å². The molecule has 1 nitrogen and oxygen atoms in total. The van der Waals surface area contributed by atoms with Gasteiger partial charge in [-0.2, -0.15) is 12.6 Å². The lowest BCUT2D eigenvalue weighted by atomic mass is 9.64. The lowest BCUT2D eigenvalue weighted by Gasteiger charge is -2.40. The van der Waals surface area contributed by atoms with Crippen molar-refractivity contribution in [3.8, 4) is 0 Å². The average Bonchev–Trinajstić information content (AvgIpc) is 2.65. The van der Waals surface area contributed by atoms with E-state index in [-0.39, 0.29) is 5.41 Å². The van der Waals surface area contributed by atoms with Crippen LogP contribution in [0, 0.1) is 16.7 Å². The molecule has 2 rings (SSSR count). The molecule has 0 amide bonds. The van der Waals surface area contributed by atoms with Crippen molar-refractivity contribution in [3.63, 3.8) is 0 Å². The van der Waals surface area contributed by atoms with Crippen LogP contribution in [-0.4, -0.2) is 11.5 Å². The SMILES string of the molecule is CCC1(CC)C2CCC1(CS)C(=O)C2. The Morgan fingerprint density at radius 1 is 1.43 bits per heavy atom. The minimum absolute atomic E-state index is 0.0513. The second kappa shape index (κ2) is 3.26. The second-order valence-corrected chi connectivity index (χ2v) is 5.28. The van der Waals surface area contributed by atoms with Crippen molar-refractivity contribution in [2.75, 3.05) is 5.75 Å². The van der Waals surface area contributed by atoms with E-state index in [2.05, 4.69) is 26.5 Å². The van der Waals surface area contributed by atoms with Crippen LogP contribution in [0.2, 0.25) is 0 Å². The Kier molecular flexibility index (Phi) is 2.45. The summed E-state index contributed by atoms with van der Waals surface area (Å²) in [7, 11) is 0. The van der Waals surface area contributed by atoms with Crippen LogP contribution < -0.4 is 0 Å². The maximum absolute atomic E-state index is 12.1. The van der Waals surface area contributed by atoms with Gasteiger partial charge in [-0.15, -0.1) is 0 Å². The summed E-state index contributed by atoms with van der Waals surface area (Å²) in [5, 5.41) is 0. The van der Waals surface area contributed by atoms with Crippen LogP contribution in [0.3, 0.4) is 0 Å². The van der Waals surface area contributed by atoms with Gasteiger partial charge in [-0.25, -0.2) is 0 Å². The molecule has 14 heavy (non-hydrogen) atoms. The zero-order valence-electron chi connectivity index (χ0n) is 9.18. The highest BCUT2D eigenvalue weighted by molar-refractivity contribution is 7.80. The van der Waals surface area contributed by atoms with Gasteiger partial charge in [0.05, 0.1) is 0 Å². The number of fused-ring (bicyclic) bond motifs is 2. The third-order valence-corrected chi connectivity index (χ3v) is 5.69. The van der Waals surface area contributed by atoms with E-state index in [0.29, 0.717) is 17.1 Å². The number of rotatable bonds is 3. The number of thiol groups is 1. The summed E-state index contributed by atoms with van der Waals surface area (Å²) in [4.78, 5) is 12.1. The summed E-state index contributed by atoms with van der Waals surface area (Å²) in [5.41, 5.74) is 0.246. The highest BCUT2D eigenvalue weighted by Crippen LogP contribution is 2.67. The fraction of sp³-hybridized carbons (Fsp3) is 0.917. The van der Waals surface area contributed by atoms with E-state index < -0.39 is 0 Å². The maximum atomic E-state index is 12.1. The smallest absolute Gasteiger partial charge is 0.140 e. The number of ketones is 1. The monoisotopic (exact) mass is 212 g/mol. The number of hydrogen-bond donors (Lipinski definition) is 1. The molecule has 80 valence electrons. The maximum Gasteiger partial charge on any atom is 0.140 e. The van der Waals surface area contributed by atoms with Crippen molar-refractivity contribution in [2.45, 2.75) is 46.0 Å². The minimum Gasteiger partial charge on any atom is -0.299 e. The van der Waals surface area contributed by atoms with E-state index in [1.54, 1.807) is 0 Å². The number of carbonyl (C=O) groups is 1. The van der Waals surface area contributed by atoms with Gasteiger partial charge in [0.15, 0.2) is 0 Å². The van der Waals surface area contributed by atoms with Crippen LogP contribution >= 0.6 is 12.6 Å². The Labute approximate surface area is 92.1 Å². The van der Waals surface area contributed by atoms with E-state index in [4.69, 9.17) is 0 Å². The molecule has 2 aliphatic carbocycles. The summed E-state index contributed by atoms with van der Waals surface area (Å²) in [6, 6.07) is 0. The summed E-state index contributed by atoms with van der Waals surface area (Å²) < 4.78 is 0. The van der Waals surface area contributed by atoms with Gasteiger partial charge in [0.25, 0.3) is 0 Å². The van der Waals surface area contributed by atoms with Crippen molar-refractivity contribution in [2.24, 2.45) is 16.7 Å². The van der Waals surface area contributed by atoms with Crippen LogP contribution in [-0.2, 0) is 4.79 Å². The van der Waals surface area contributed by atoms with Gasteiger partial charge in [-0.1, -0.05) is 13.8 Å². The largest absolute Gasteiger partial charge is 0.299 e. The van der Waals surface area contributed by atoms with Gasteiger partial charge >= 0.3 is 0 Å². The highest BCUT2D eigenvalue weighted by atomic mass is 32.1. The van der Waals surface area contributed by atoms with Crippen LogP contribution in [0.25, 0.3) is 0 Å². The Balaban J connectivity index is 2.46. The fourth-order valence-corrected chi connectivity index (χ4v) is 4.95. The van der Waals surface area contributed by atoms with E-state index in [1.807, 2.05) is 0 Å². The van der Waals surface area contributed by atoms with Crippen molar-refractivity contribution in [1.29, 1.82) is 0 Å². The number of hydrogen-bond acceptors (Lipinski definition) is 2. The quantitative estimate of drug-likeness (QED) is 0.711. The molecule has 0 aromatic rings. The zero-order valence-corrected chi connectivity index (χ0v) is 10.1. The second-order valence-electron chi connectivity index (χ2n) is 4.97. The Morgan fingerprint density at radius 3 is 2.43 bits per heavy atom. The molecule has 2 aliphatic rings. The molecule has 2 atom stereocenters. The Morgan fingerprint density at radius 2 is 2.07 bits per heavy atom. The van der Waals surface area contributed by atoms with E-state index >= 15 is 0 Å². The zero-order chi connectivity index (χ0) is 10.4. The first-order valence-corrected chi connectivity index (χ1v) is 6.44. The van der Waals surface area contributed by atoms with Gasteiger partial charge in [-0.3, -0.25) is 4.79 Å². The van der Waals surface area contributed by atoms with E-state index in [0.717, 1.165) is 31.4 Å². The summed E-state index contributed by atoms with van der Waals surface area (Å²) in [6.45, 7) is 4.50. The summed E-state index contributed by atoms with van der Waals surface area (Å²) in [5.74, 6) is 1.94. The minimum atomic E-state index is -0.0513. The normalized spacial score (nSPS) is 39.4. The fourth-order valence-electron chi connectivity index (χ4n) is 4.30. The van der Waals surface area contributed by atoms with Crippen molar-refractivity contribution in [3.05, 3.63) is 0 Å². The van der Waals surface area contributed by atoms with Gasteiger partial charge in [-0.05, 0) is 37.0 Å². The predicted octanol–water partition coefficient (Wildman–Crippen LogP) is 3.09. The molecule has 0 saturated heterocycles. The molecule has 2 saturated carbocycles. The molecule has 0 spiro atoms. The molecule has 2 unspecified atom stereocenters. The van der Waals surface area contributed by atoms with Gasteiger partial charge < -0.3 is 0 Å². The third kappa shape index (κ3) is 0.911. The van der Waals surface area contributed by atoms with E-state index in [9.17, 15) is 4.79 Å². The first kappa shape index (κ1) is 10.5. The lowest BCUT2D eigenvalue weighted by molar-refractivity contribution is -0.128.